The Morgan fingerprint density at radius 1 is 0.950 bits per heavy atom. The fraction of sp³-hybridized carbons (Fsp3) is 0.474. The van der Waals surface area contributed by atoms with E-state index in [4.69, 9.17) is 11.6 Å². The molecular formula is C19H21Cl. The molecule has 0 heterocycles. The summed E-state index contributed by atoms with van der Waals surface area (Å²) >= 11 is 6.79. The van der Waals surface area contributed by atoms with E-state index in [1.807, 2.05) is 0 Å². The Balaban J connectivity index is 1.56. The first-order valence-electron chi connectivity index (χ1n) is 7.95. The highest BCUT2D eigenvalue weighted by Crippen LogP contribution is 2.58. The van der Waals surface area contributed by atoms with Crippen molar-refractivity contribution in [3.05, 3.63) is 48.0 Å². The highest BCUT2D eigenvalue weighted by molar-refractivity contribution is 6.21. The Bertz CT molecular complexity index is 601. The molecule has 0 bridgehead atoms. The molecule has 0 radical (unpaired) electrons. The minimum absolute atomic E-state index is 0.328. The largest absolute Gasteiger partial charge is 0.122 e. The molecule has 0 saturated heterocycles. The van der Waals surface area contributed by atoms with Gasteiger partial charge < -0.3 is 0 Å². The summed E-state index contributed by atoms with van der Waals surface area (Å²) in [7, 11) is 0. The van der Waals surface area contributed by atoms with Crippen molar-refractivity contribution in [2.45, 2.75) is 37.5 Å². The van der Waals surface area contributed by atoms with Crippen molar-refractivity contribution < 1.29 is 0 Å². The smallest absolute Gasteiger partial charge is 0.0410 e. The summed E-state index contributed by atoms with van der Waals surface area (Å²) in [5.74, 6) is 2.68. The molecule has 0 spiro atoms. The molecule has 0 amide bonds. The van der Waals surface area contributed by atoms with Gasteiger partial charge in [-0.15, -0.1) is 11.6 Å². The molecule has 2 saturated carbocycles. The van der Waals surface area contributed by atoms with Crippen LogP contribution in [0.3, 0.4) is 0 Å². The fourth-order valence-electron chi connectivity index (χ4n) is 4.40. The quantitative estimate of drug-likeness (QED) is 0.660. The van der Waals surface area contributed by atoms with Crippen molar-refractivity contribution >= 4 is 22.4 Å². The van der Waals surface area contributed by atoms with Gasteiger partial charge in [-0.2, -0.15) is 0 Å². The number of fused-ring (bicyclic) bond motifs is 2. The first kappa shape index (κ1) is 12.7. The van der Waals surface area contributed by atoms with Crippen molar-refractivity contribution in [1.29, 1.82) is 0 Å². The van der Waals surface area contributed by atoms with Crippen LogP contribution in [0.2, 0.25) is 0 Å². The molecule has 3 atom stereocenters. The van der Waals surface area contributed by atoms with Gasteiger partial charge in [0.25, 0.3) is 0 Å². The van der Waals surface area contributed by atoms with Gasteiger partial charge in [0, 0.05) is 5.38 Å². The van der Waals surface area contributed by atoms with Crippen LogP contribution in [0.1, 0.15) is 31.2 Å². The third kappa shape index (κ3) is 2.15. The van der Waals surface area contributed by atoms with E-state index < -0.39 is 0 Å². The normalized spacial score (nSPS) is 29.9. The summed E-state index contributed by atoms with van der Waals surface area (Å²) < 4.78 is 0. The second-order valence-corrected chi connectivity index (χ2v) is 7.11. The molecule has 0 N–H and O–H groups in total. The lowest BCUT2D eigenvalue weighted by molar-refractivity contribution is 0.480. The molecule has 4 rings (SSSR count). The molecule has 2 aliphatic rings. The highest BCUT2D eigenvalue weighted by atomic mass is 35.5. The summed E-state index contributed by atoms with van der Waals surface area (Å²) in [6.07, 6.45) is 6.73. The molecule has 0 aromatic heterocycles. The van der Waals surface area contributed by atoms with Crippen LogP contribution in [-0.4, -0.2) is 5.38 Å². The lowest BCUT2D eigenvalue weighted by atomic mass is 9.99. The fourth-order valence-corrected chi connectivity index (χ4v) is 4.94. The zero-order valence-electron chi connectivity index (χ0n) is 11.8. The summed E-state index contributed by atoms with van der Waals surface area (Å²) in [4.78, 5) is 0. The van der Waals surface area contributed by atoms with Gasteiger partial charge in [0.2, 0.25) is 0 Å². The SMILES string of the molecule is ClC(Cc1cccc2ccccc12)C1C2CCCCC21. The van der Waals surface area contributed by atoms with Crippen molar-refractivity contribution in [3.8, 4) is 0 Å². The lowest BCUT2D eigenvalue weighted by Gasteiger charge is -2.12. The molecule has 2 aromatic rings. The van der Waals surface area contributed by atoms with Crippen LogP contribution in [-0.2, 0) is 6.42 Å². The van der Waals surface area contributed by atoms with Gasteiger partial charge >= 0.3 is 0 Å². The van der Waals surface area contributed by atoms with E-state index in [0.717, 1.165) is 24.2 Å². The van der Waals surface area contributed by atoms with Gasteiger partial charge in [0.1, 0.15) is 0 Å². The molecule has 20 heavy (non-hydrogen) atoms. The van der Waals surface area contributed by atoms with Crippen molar-refractivity contribution in [2.75, 3.05) is 0 Å². The molecule has 1 heteroatoms. The van der Waals surface area contributed by atoms with Crippen molar-refractivity contribution in [1.82, 2.24) is 0 Å². The van der Waals surface area contributed by atoms with Gasteiger partial charge in [-0.3, -0.25) is 0 Å². The molecule has 3 unspecified atom stereocenters. The van der Waals surface area contributed by atoms with Gasteiger partial charge in [-0.05, 0) is 53.4 Å². The first-order chi connectivity index (χ1) is 9.84. The predicted octanol–water partition coefficient (Wildman–Crippen LogP) is 5.43. The zero-order chi connectivity index (χ0) is 13.5. The predicted molar refractivity (Wildman–Crippen MR) is 86.2 cm³/mol. The highest BCUT2D eigenvalue weighted by Gasteiger charge is 2.53. The number of rotatable bonds is 3. The van der Waals surface area contributed by atoms with E-state index >= 15 is 0 Å². The van der Waals surface area contributed by atoms with E-state index in [0.29, 0.717) is 5.38 Å². The molecule has 0 nitrogen and oxygen atoms in total. The first-order valence-corrected chi connectivity index (χ1v) is 8.39. The minimum atomic E-state index is 0.328. The Hall–Kier alpha value is -1.01. The maximum Gasteiger partial charge on any atom is 0.0410 e. The van der Waals surface area contributed by atoms with Gasteiger partial charge in [-0.25, -0.2) is 0 Å². The number of hydrogen-bond acceptors (Lipinski definition) is 0. The molecule has 2 aromatic carbocycles. The van der Waals surface area contributed by atoms with E-state index in [9.17, 15) is 0 Å². The number of alkyl halides is 1. The maximum atomic E-state index is 6.79. The molecule has 2 aliphatic carbocycles. The molecular weight excluding hydrogens is 264 g/mol. The Morgan fingerprint density at radius 2 is 1.65 bits per heavy atom. The van der Waals surface area contributed by atoms with Gasteiger partial charge in [0.05, 0.1) is 0 Å². The second-order valence-electron chi connectivity index (χ2n) is 6.55. The van der Waals surface area contributed by atoms with Crippen LogP contribution in [0.4, 0.5) is 0 Å². The third-order valence-corrected chi connectivity index (χ3v) is 5.88. The van der Waals surface area contributed by atoms with Crippen LogP contribution in [0.15, 0.2) is 42.5 Å². The average Bonchev–Trinajstić information content (AvgIpc) is 3.22. The van der Waals surface area contributed by atoms with Crippen LogP contribution >= 0.6 is 11.6 Å². The van der Waals surface area contributed by atoms with E-state index in [2.05, 4.69) is 42.5 Å². The van der Waals surface area contributed by atoms with Crippen LogP contribution in [0.25, 0.3) is 10.8 Å². The minimum Gasteiger partial charge on any atom is -0.122 e. The summed E-state index contributed by atoms with van der Waals surface area (Å²) in [6, 6.07) is 15.3. The standard InChI is InChI=1S/C19H21Cl/c20-18(19-16-10-3-4-11-17(16)19)12-14-8-5-7-13-6-1-2-9-15(13)14/h1-2,5-9,16-19H,3-4,10-12H2. The summed E-state index contributed by atoms with van der Waals surface area (Å²) in [6.45, 7) is 0. The third-order valence-electron chi connectivity index (χ3n) is 5.44. The number of halogens is 1. The van der Waals surface area contributed by atoms with Gasteiger partial charge in [-0.1, -0.05) is 55.3 Å². The second kappa shape index (κ2) is 5.07. The van der Waals surface area contributed by atoms with E-state index in [-0.39, 0.29) is 0 Å². The lowest BCUT2D eigenvalue weighted by Crippen LogP contribution is -2.08. The van der Waals surface area contributed by atoms with Crippen LogP contribution < -0.4 is 0 Å². The maximum absolute atomic E-state index is 6.79. The zero-order valence-corrected chi connectivity index (χ0v) is 12.5. The molecule has 104 valence electrons. The number of hydrogen-bond donors (Lipinski definition) is 0. The average molecular weight is 285 g/mol. The Morgan fingerprint density at radius 3 is 2.45 bits per heavy atom. The van der Waals surface area contributed by atoms with E-state index in [1.54, 1.807) is 0 Å². The van der Waals surface area contributed by atoms with Crippen molar-refractivity contribution in [2.24, 2.45) is 17.8 Å². The van der Waals surface area contributed by atoms with E-state index in [1.165, 1.54) is 42.0 Å². The van der Waals surface area contributed by atoms with Gasteiger partial charge in [0.15, 0.2) is 0 Å². The monoisotopic (exact) mass is 284 g/mol. The molecule has 2 fully saturated rings. The number of benzene rings is 2. The summed E-state index contributed by atoms with van der Waals surface area (Å²) in [5, 5.41) is 3.04. The topological polar surface area (TPSA) is 0 Å². The Kier molecular flexibility index (Phi) is 3.22. The summed E-state index contributed by atoms with van der Waals surface area (Å²) in [5.41, 5.74) is 1.42. The van der Waals surface area contributed by atoms with Crippen LogP contribution in [0.5, 0.6) is 0 Å². The molecule has 0 aliphatic heterocycles. The van der Waals surface area contributed by atoms with Crippen molar-refractivity contribution in [3.63, 3.8) is 0 Å². The Labute approximate surface area is 126 Å². The van der Waals surface area contributed by atoms with Crippen LogP contribution in [0, 0.1) is 17.8 Å².